The van der Waals surface area contributed by atoms with Crippen molar-refractivity contribution in [1.29, 1.82) is 10.5 Å². The van der Waals surface area contributed by atoms with Crippen molar-refractivity contribution in [2.45, 2.75) is 26.0 Å². The SMILES string of the molecule is C[C@H](SC1=C(C#N)C(C)(C)[C@H](C#N)C(=O)N1)C(=O)N(C)c1ccccc1. The maximum Gasteiger partial charge on any atom is 0.243 e. The first-order valence-electron chi connectivity index (χ1n) is 8.08. The van der Waals surface area contributed by atoms with Gasteiger partial charge in [-0.25, -0.2) is 0 Å². The van der Waals surface area contributed by atoms with Crippen LogP contribution in [-0.4, -0.2) is 24.1 Å². The predicted octanol–water partition coefficient (Wildman–Crippen LogP) is 2.80. The van der Waals surface area contributed by atoms with Crippen LogP contribution in [0.5, 0.6) is 0 Å². The van der Waals surface area contributed by atoms with E-state index in [1.165, 1.54) is 4.90 Å². The molecule has 0 saturated carbocycles. The minimum absolute atomic E-state index is 0.152. The topological polar surface area (TPSA) is 97.0 Å². The van der Waals surface area contributed by atoms with Crippen LogP contribution >= 0.6 is 11.8 Å². The van der Waals surface area contributed by atoms with Crippen LogP contribution in [0.2, 0.25) is 0 Å². The maximum atomic E-state index is 12.7. The van der Waals surface area contributed by atoms with Crippen molar-refractivity contribution in [3.63, 3.8) is 0 Å². The zero-order valence-electron chi connectivity index (χ0n) is 15.1. The average Bonchev–Trinajstić information content (AvgIpc) is 2.60. The lowest BCUT2D eigenvalue weighted by atomic mass is 9.72. The highest BCUT2D eigenvalue weighted by Gasteiger charge is 2.45. The molecule has 26 heavy (non-hydrogen) atoms. The van der Waals surface area contributed by atoms with Gasteiger partial charge in [0.05, 0.1) is 28.0 Å². The Labute approximate surface area is 157 Å². The standard InChI is InChI=1S/C19H20N4O2S/c1-12(18(25)23(4)13-8-6-5-7-9-13)26-17-15(11-21)19(2,3)14(10-20)16(24)22-17/h5-9,12,14H,1-4H3,(H,22,24)/t12-,14+/m0/s1. The van der Waals surface area contributed by atoms with Gasteiger partial charge in [-0.05, 0) is 19.1 Å². The summed E-state index contributed by atoms with van der Waals surface area (Å²) in [6.07, 6.45) is 0. The van der Waals surface area contributed by atoms with Gasteiger partial charge in [-0.2, -0.15) is 10.5 Å². The largest absolute Gasteiger partial charge is 0.319 e. The number of allylic oxidation sites excluding steroid dienone is 1. The fourth-order valence-corrected chi connectivity index (χ4v) is 3.99. The molecule has 0 aliphatic carbocycles. The molecule has 0 spiro atoms. The highest BCUT2D eigenvalue weighted by atomic mass is 32.2. The lowest BCUT2D eigenvalue weighted by Gasteiger charge is -2.35. The molecule has 0 fully saturated rings. The number of nitrogens with one attached hydrogen (secondary N) is 1. The maximum absolute atomic E-state index is 12.7. The van der Waals surface area contributed by atoms with Gasteiger partial charge in [0.2, 0.25) is 11.8 Å². The van der Waals surface area contributed by atoms with Crippen LogP contribution < -0.4 is 10.2 Å². The minimum atomic E-state index is -0.945. The number of hydrogen-bond donors (Lipinski definition) is 1. The van der Waals surface area contributed by atoms with Gasteiger partial charge in [0.1, 0.15) is 5.92 Å². The summed E-state index contributed by atoms with van der Waals surface area (Å²) < 4.78 is 0. The smallest absolute Gasteiger partial charge is 0.243 e. The lowest BCUT2D eigenvalue weighted by Crippen LogP contribution is -2.45. The van der Waals surface area contributed by atoms with Gasteiger partial charge in [-0.3, -0.25) is 9.59 Å². The Morgan fingerprint density at radius 2 is 1.92 bits per heavy atom. The van der Waals surface area contributed by atoms with Gasteiger partial charge >= 0.3 is 0 Å². The molecule has 2 atom stereocenters. The lowest BCUT2D eigenvalue weighted by molar-refractivity contribution is -0.125. The van der Waals surface area contributed by atoms with E-state index >= 15 is 0 Å². The van der Waals surface area contributed by atoms with Crippen molar-refractivity contribution in [3.05, 3.63) is 40.9 Å². The first-order chi connectivity index (χ1) is 12.2. The summed E-state index contributed by atoms with van der Waals surface area (Å²) in [6.45, 7) is 5.12. The number of carbonyl (C=O) groups is 2. The molecule has 7 heteroatoms. The Morgan fingerprint density at radius 3 is 2.46 bits per heavy atom. The number of para-hydroxylation sites is 1. The van der Waals surface area contributed by atoms with E-state index < -0.39 is 22.5 Å². The van der Waals surface area contributed by atoms with Crippen LogP contribution in [0.1, 0.15) is 20.8 Å². The molecule has 1 aliphatic rings. The molecule has 0 radical (unpaired) electrons. The number of amides is 2. The second-order valence-corrected chi connectivity index (χ2v) is 7.93. The Bertz CT molecular complexity index is 833. The molecule has 0 aromatic heterocycles. The van der Waals surface area contributed by atoms with Crippen LogP contribution in [0.4, 0.5) is 5.69 Å². The molecule has 2 amide bonds. The van der Waals surface area contributed by atoms with E-state index in [2.05, 4.69) is 11.4 Å². The zero-order valence-corrected chi connectivity index (χ0v) is 15.9. The first-order valence-corrected chi connectivity index (χ1v) is 8.96. The summed E-state index contributed by atoms with van der Waals surface area (Å²) in [5, 5.41) is 21.3. The zero-order chi connectivity index (χ0) is 19.5. The van der Waals surface area contributed by atoms with Gasteiger partial charge < -0.3 is 10.2 Å². The molecule has 1 aliphatic heterocycles. The molecule has 1 aromatic carbocycles. The summed E-state index contributed by atoms with van der Waals surface area (Å²) in [4.78, 5) is 26.5. The molecular formula is C19H20N4O2S. The van der Waals surface area contributed by atoms with Crippen LogP contribution in [0.15, 0.2) is 40.9 Å². The van der Waals surface area contributed by atoms with Gasteiger partial charge in [0, 0.05) is 18.2 Å². The fourth-order valence-electron chi connectivity index (χ4n) is 2.79. The number of anilines is 1. The molecule has 2 rings (SSSR count). The van der Waals surface area contributed by atoms with E-state index in [0.717, 1.165) is 17.4 Å². The third-order valence-corrected chi connectivity index (χ3v) is 5.55. The van der Waals surface area contributed by atoms with Crippen molar-refractivity contribution in [3.8, 4) is 12.1 Å². The molecule has 0 bridgehead atoms. The second kappa shape index (κ2) is 7.63. The van der Waals surface area contributed by atoms with Crippen LogP contribution in [0.3, 0.4) is 0 Å². The summed E-state index contributed by atoms with van der Waals surface area (Å²) in [7, 11) is 1.68. The molecule has 0 saturated heterocycles. The summed E-state index contributed by atoms with van der Waals surface area (Å²) >= 11 is 1.13. The number of benzene rings is 1. The Morgan fingerprint density at radius 1 is 1.31 bits per heavy atom. The van der Waals surface area contributed by atoms with Gasteiger partial charge in [0.15, 0.2) is 0 Å². The van der Waals surface area contributed by atoms with E-state index in [0.29, 0.717) is 10.6 Å². The van der Waals surface area contributed by atoms with Crippen molar-refractivity contribution in [1.82, 2.24) is 5.32 Å². The van der Waals surface area contributed by atoms with Gasteiger partial charge in [-0.1, -0.05) is 43.8 Å². The Hall–Kier alpha value is -2.77. The van der Waals surface area contributed by atoms with Crippen LogP contribution in [0.25, 0.3) is 0 Å². The van der Waals surface area contributed by atoms with E-state index in [9.17, 15) is 20.1 Å². The van der Waals surface area contributed by atoms with Crippen LogP contribution in [-0.2, 0) is 9.59 Å². The quantitative estimate of drug-likeness (QED) is 0.881. The van der Waals surface area contributed by atoms with Crippen molar-refractivity contribution in [2.75, 3.05) is 11.9 Å². The molecule has 6 nitrogen and oxygen atoms in total. The number of nitrogens with zero attached hydrogens (tertiary/aromatic N) is 3. The number of hydrogen-bond acceptors (Lipinski definition) is 5. The second-order valence-electron chi connectivity index (χ2n) is 6.58. The van der Waals surface area contributed by atoms with E-state index in [1.807, 2.05) is 36.4 Å². The van der Waals surface area contributed by atoms with Gasteiger partial charge in [0.25, 0.3) is 0 Å². The monoisotopic (exact) mass is 368 g/mol. The third-order valence-electron chi connectivity index (χ3n) is 4.45. The van der Waals surface area contributed by atoms with Crippen molar-refractivity contribution in [2.24, 2.45) is 11.3 Å². The minimum Gasteiger partial charge on any atom is -0.319 e. The normalized spacial score (nSPS) is 19.8. The fraction of sp³-hybridized carbons (Fsp3) is 0.368. The van der Waals surface area contributed by atoms with E-state index in [1.54, 1.807) is 27.8 Å². The third kappa shape index (κ3) is 3.58. The Kier molecular flexibility index (Phi) is 5.74. The molecule has 1 aromatic rings. The van der Waals surface area contributed by atoms with Crippen molar-refractivity contribution >= 4 is 29.3 Å². The van der Waals surface area contributed by atoms with E-state index in [-0.39, 0.29) is 5.91 Å². The molecule has 1 heterocycles. The molecular weight excluding hydrogens is 348 g/mol. The number of rotatable bonds is 4. The predicted molar refractivity (Wildman–Crippen MR) is 101 cm³/mol. The molecule has 134 valence electrons. The first kappa shape index (κ1) is 19.6. The number of thioether (sulfide) groups is 1. The number of carbonyl (C=O) groups excluding carboxylic acids is 2. The molecule has 1 N–H and O–H groups in total. The average molecular weight is 368 g/mol. The van der Waals surface area contributed by atoms with Crippen LogP contribution in [0, 0.1) is 34.0 Å². The highest BCUT2D eigenvalue weighted by Crippen LogP contribution is 2.42. The van der Waals surface area contributed by atoms with E-state index in [4.69, 9.17) is 0 Å². The Balaban J connectivity index is 2.27. The molecule has 0 unspecified atom stereocenters. The highest BCUT2D eigenvalue weighted by molar-refractivity contribution is 8.04. The van der Waals surface area contributed by atoms with Gasteiger partial charge in [-0.15, -0.1) is 0 Å². The number of nitriles is 2. The summed E-state index contributed by atoms with van der Waals surface area (Å²) in [6, 6.07) is 13.3. The van der Waals surface area contributed by atoms with Crippen molar-refractivity contribution < 1.29 is 9.59 Å². The summed E-state index contributed by atoms with van der Waals surface area (Å²) in [5.41, 5.74) is 0.162. The summed E-state index contributed by atoms with van der Waals surface area (Å²) in [5.74, 6) is -1.55.